The molecule has 0 radical (unpaired) electrons. The average Bonchev–Trinajstić information content (AvgIpc) is 3.07. The average molecular weight is 503 g/mol. The molecule has 0 aromatic carbocycles. The Labute approximate surface area is 199 Å². The van der Waals surface area contributed by atoms with E-state index in [2.05, 4.69) is 10.6 Å². The van der Waals surface area contributed by atoms with Crippen LogP contribution in [-0.4, -0.2) is 72.1 Å². The normalized spacial score (nSPS) is 30.7. The van der Waals surface area contributed by atoms with Gasteiger partial charge in [-0.3, -0.25) is 19.2 Å². The minimum atomic E-state index is -5.18. The van der Waals surface area contributed by atoms with E-state index in [4.69, 9.17) is 0 Å². The Kier molecular flexibility index (Phi) is 7.07. The fourth-order valence-electron chi connectivity index (χ4n) is 5.27. The van der Waals surface area contributed by atoms with Crippen LogP contribution in [0.1, 0.15) is 34.1 Å². The van der Waals surface area contributed by atoms with E-state index >= 15 is 0 Å². The molecule has 0 unspecified atom stereocenters. The van der Waals surface area contributed by atoms with Crippen LogP contribution in [0.15, 0.2) is 0 Å². The van der Waals surface area contributed by atoms with Crippen LogP contribution in [0.2, 0.25) is 0 Å². The molecule has 3 fully saturated rings. The van der Waals surface area contributed by atoms with Crippen LogP contribution >= 0.6 is 0 Å². The number of rotatable bonds is 7. The van der Waals surface area contributed by atoms with Gasteiger partial charge in [-0.05, 0) is 29.6 Å². The Bertz CT molecular complexity index is 947. The molecule has 4 amide bonds. The summed E-state index contributed by atoms with van der Waals surface area (Å²) < 4.78 is 52.4. The summed E-state index contributed by atoms with van der Waals surface area (Å²) >= 11 is 0. The number of piperidine rings is 1. The highest BCUT2D eigenvalue weighted by molar-refractivity contribution is 5.94. The summed E-state index contributed by atoms with van der Waals surface area (Å²) in [7, 11) is 0. The number of alkyl halides is 4. The smallest absolute Gasteiger partial charge is 0.353 e. The zero-order valence-electron chi connectivity index (χ0n) is 19.8. The van der Waals surface area contributed by atoms with Gasteiger partial charge in [0.1, 0.15) is 24.3 Å². The van der Waals surface area contributed by atoms with E-state index in [1.54, 1.807) is 5.32 Å². The van der Waals surface area contributed by atoms with Gasteiger partial charge in [-0.15, -0.1) is 0 Å². The summed E-state index contributed by atoms with van der Waals surface area (Å²) in [5.74, 6) is -6.55. The summed E-state index contributed by atoms with van der Waals surface area (Å²) in [5, 5.41) is 16.0. The van der Waals surface area contributed by atoms with E-state index in [0.717, 1.165) is 4.90 Å². The molecule has 3 N–H and O–H groups in total. The Morgan fingerprint density at radius 3 is 2.37 bits per heavy atom. The summed E-state index contributed by atoms with van der Waals surface area (Å²) in [6.45, 7) is 6.66. The van der Waals surface area contributed by atoms with Crippen molar-refractivity contribution in [1.82, 2.24) is 20.9 Å². The molecule has 3 rings (SSSR count). The first-order chi connectivity index (χ1) is 16.1. The summed E-state index contributed by atoms with van der Waals surface area (Å²) in [5.41, 5.74) is -0.321. The summed E-state index contributed by atoms with van der Waals surface area (Å²) in [4.78, 5) is 51.0. The fraction of sp³-hybridized carbons (Fsp3) is 0.773. The van der Waals surface area contributed by atoms with Gasteiger partial charge in [0.2, 0.25) is 17.7 Å². The SMILES string of the molecule is CC(C)[C@H](NC(=O)C(F)(F)F)C(=O)N1C[C@H]2[C@@H]([C@H]1C(=O)N[C@H](C#N)C[C@H]1C(=O)NC[C@@H]1F)C2(C)C. The van der Waals surface area contributed by atoms with Crippen molar-refractivity contribution in [3.63, 3.8) is 0 Å². The second kappa shape index (κ2) is 9.28. The number of hydrogen-bond donors (Lipinski definition) is 3. The van der Waals surface area contributed by atoms with E-state index in [1.807, 2.05) is 19.9 Å². The highest BCUT2D eigenvalue weighted by Crippen LogP contribution is 2.65. The van der Waals surface area contributed by atoms with Crippen molar-refractivity contribution in [2.75, 3.05) is 13.1 Å². The standard InChI is InChI=1S/C22H29F4N5O4/c1-9(2)15(30-20(35)22(24,25)26)19(34)31-8-12-14(21(12,3)4)16(31)18(33)29-10(6-27)5-11-13(23)7-28-17(11)32/h9-16H,5,7-8H2,1-4H3,(H,28,32)(H,29,33)(H,30,35)/t10-,11+,12-,13-,14-,15-,16-/m0/s1. The second-order valence-electron chi connectivity index (χ2n) is 10.4. The number of hydrogen-bond acceptors (Lipinski definition) is 5. The third kappa shape index (κ3) is 5.06. The molecule has 2 saturated heterocycles. The van der Waals surface area contributed by atoms with Crippen molar-refractivity contribution in [2.45, 2.75) is 64.6 Å². The van der Waals surface area contributed by atoms with Gasteiger partial charge >= 0.3 is 12.1 Å². The highest BCUT2D eigenvalue weighted by Gasteiger charge is 2.69. The third-order valence-electron chi connectivity index (χ3n) is 7.44. The number of nitrogens with zero attached hydrogens (tertiary/aromatic N) is 2. The van der Waals surface area contributed by atoms with Crippen molar-refractivity contribution in [1.29, 1.82) is 5.26 Å². The van der Waals surface area contributed by atoms with Crippen LogP contribution in [0.3, 0.4) is 0 Å². The van der Waals surface area contributed by atoms with Gasteiger partial charge in [0.25, 0.3) is 0 Å². The highest BCUT2D eigenvalue weighted by atomic mass is 19.4. The minimum Gasteiger partial charge on any atom is -0.353 e. The zero-order valence-corrected chi connectivity index (χ0v) is 19.8. The van der Waals surface area contributed by atoms with E-state index in [0.29, 0.717) is 0 Å². The molecule has 7 atom stereocenters. The predicted molar refractivity (Wildman–Crippen MR) is 113 cm³/mol. The second-order valence-corrected chi connectivity index (χ2v) is 10.4. The van der Waals surface area contributed by atoms with Gasteiger partial charge < -0.3 is 20.9 Å². The molecular weight excluding hydrogens is 474 g/mol. The van der Waals surface area contributed by atoms with Gasteiger partial charge in [-0.25, -0.2) is 4.39 Å². The summed E-state index contributed by atoms with van der Waals surface area (Å²) in [6, 6.07) is -1.97. The minimum absolute atomic E-state index is 0.0929. The van der Waals surface area contributed by atoms with Crippen LogP contribution in [-0.2, 0) is 19.2 Å². The van der Waals surface area contributed by atoms with Crippen molar-refractivity contribution in [2.24, 2.45) is 29.1 Å². The number of halogens is 4. The molecule has 2 heterocycles. The van der Waals surface area contributed by atoms with Crippen LogP contribution in [0.5, 0.6) is 0 Å². The lowest BCUT2D eigenvalue weighted by atomic mass is 9.95. The van der Waals surface area contributed by atoms with Gasteiger partial charge in [0, 0.05) is 13.1 Å². The quantitative estimate of drug-likeness (QED) is 0.439. The molecule has 3 aliphatic rings. The summed E-state index contributed by atoms with van der Waals surface area (Å²) in [6.07, 6.45) is -6.94. The van der Waals surface area contributed by atoms with E-state index < -0.39 is 65.9 Å². The maximum absolute atomic E-state index is 14.0. The fourth-order valence-corrected chi connectivity index (χ4v) is 5.27. The molecule has 0 aromatic rings. The van der Waals surface area contributed by atoms with Crippen LogP contribution in [0, 0.1) is 40.4 Å². The monoisotopic (exact) mass is 503 g/mol. The molecule has 194 valence electrons. The number of carbonyl (C=O) groups excluding carboxylic acids is 4. The Balaban J connectivity index is 1.78. The van der Waals surface area contributed by atoms with Crippen LogP contribution in [0.25, 0.3) is 0 Å². The number of nitrogens with one attached hydrogen (secondary N) is 3. The van der Waals surface area contributed by atoms with Gasteiger partial charge in [0.15, 0.2) is 0 Å². The van der Waals surface area contributed by atoms with Crippen molar-refractivity contribution in [3.05, 3.63) is 0 Å². The lowest BCUT2D eigenvalue weighted by Gasteiger charge is -2.34. The number of carbonyl (C=O) groups is 4. The molecule has 1 saturated carbocycles. The Morgan fingerprint density at radius 1 is 1.26 bits per heavy atom. The van der Waals surface area contributed by atoms with E-state index in [1.165, 1.54) is 13.8 Å². The lowest BCUT2D eigenvalue weighted by molar-refractivity contribution is -0.175. The van der Waals surface area contributed by atoms with E-state index in [-0.39, 0.29) is 36.8 Å². The third-order valence-corrected chi connectivity index (χ3v) is 7.44. The molecule has 35 heavy (non-hydrogen) atoms. The van der Waals surface area contributed by atoms with Gasteiger partial charge in [0.05, 0.1) is 12.0 Å². The van der Waals surface area contributed by atoms with Crippen LogP contribution in [0.4, 0.5) is 17.6 Å². The Hall–Kier alpha value is -2.91. The molecule has 9 nitrogen and oxygen atoms in total. The topological polar surface area (TPSA) is 131 Å². The lowest BCUT2D eigenvalue weighted by Crippen LogP contribution is -2.59. The Morgan fingerprint density at radius 2 is 1.89 bits per heavy atom. The first-order valence-corrected chi connectivity index (χ1v) is 11.4. The first-order valence-electron chi connectivity index (χ1n) is 11.4. The molecule has 0 spiro atoms. The van der Waals surface area contributed by atoms with Crippen LogP contribution < -0.4 is 16.0 Å². The van der Waals surface area contributed by atoms with Gasteiger partial charge in [-0.2, -0.15) is 18.4 Å². The van der Waals surface area contributed by atoms with Crippen molar-refractivity contribution >= 4 is 23.6 Å². The number of nitriles is 1. The maximum atomic E-state index is 14.0. The number of fused-ring (bicyclic) bond motifs is 1. The molecule has 13 heteroatoms. The zero-order chi connectivity index (χ0) is 26.5. The van der Waals surface area contributed by atoms with E-state index in [9.17, 15) is 42.0 Å². The van der Waals surface area contributed by atoms with Crippen molar-refractivity contribution in [3.8, 4) is 6.07 Å². The molecule has 0 bridgehead atoms. The number of amides is 4. The molecule has 1 aliphatic carbocycles. The molecule has 0 aromatic heterocycles. The first kappa shape index (κ1) is 26.7. The molecular formula is C22H29F4N5O4. The largest absolute Gasteiger partial charge is 0.471 e. The van der Waals surface area contributed by atoms with Crippen molar-refractivity contribution < 1.29 is 36.7 Å². The van der Waals surface area contributed by atoms with Gasteiger partial charge in [-0.1, -0.05) is 27.7 Å². The number of likely N-dealkylation sites (tertiary alicyclic amines) is 1. The molecule has 2 aliphatic heterocycles. The maximum Gasteiger partial charge on any atom is 0.471 e. The predicted octanol–water partition coefficient (Wildman–Crippen LogP) is 0.655.